The zero-order chi connectivity index (χ0) is 15.0. The minimum absolute atomic E-state index is 0.170. The fourth-order valence-electron chi connectivity index (χ4n) is 2.70. The van der Waals surface area contributed by atoms with E-state index in [-0.39, 0.29) is 11.2 Å². The van der Waals surface area contributed by atoms with Crippen molar-refractivity contribution in [3.63, 3.8) is 0 Å². The van der Waals surface area contributed by atoms with E-state index in [0.717, 1.165) is 37.9 Å². The van der Waals surface area contributed by atoms with Crippen LogP contribution >= 0.6 is 11.6 Å². The lowest BCUT2D eigenvalue weighted by molar-refractivity contribution is 0.230. The molecule has 0 radical (unpaired) electrons. The van der Waals surface area contributed by atoms with Crippen LogP contribution in [-0.4, -0.2) is 13.1 Å². The van der Waals surface area contributed by atoms with Crippen molar-refractivity contribution in [2.45, 2.75) is 52.9 Å². The van der Waals surface area contributed by atoms with Gasteiger partial charge < -0.3 is 5.32 Å². The third-order valence-electron chi connectivity index (χ3n) is 4.16. The maximum absolute atomic E-state index is 13.6. The molecule has 1 nitrogen and oxygen atoms in total. The molecular formula is C17H27ClFN. The summed E-state index contributed by atoms with van der Waals surface area (Å²) in [7, 11) is 0. The second-order valence-corrected chi connectivity index (χ2v) is 6.01. The summed E-state index contributed by atoms with van der Waals surface area (Å²) < 4.78 is 13.6. The number of halogens is 2. The molecule has 0 heterocycles. The van der Waals surface area contributed by atoms with Gasteiger partial charge in [0, 0.05) is 6.54 Å². The Hall–Kier alpha value is -0.600. The van der Waals surface area contributed by atoms with Crippen molar-refractivity contribution in [2.24, 2.45) is 5.41 Å². The zero-order valence-corrected chi connectivity index (χ0v) is 13.7. The Labute approximate surface area is 127 Å². The van der Waals surface area contributed by atoms with Gasteiger partial charge in [0.1, 0.15) is 5.82 Å². The molecule has 0 fully saturated rings. The topological polar surface area (TPSA) is 12.0 Å². The third kappa shape index (κ3) is 4.75. The number of hydrogen-bond acceptors (Lipinski definition) is 1. The summed E-state index contributed by atoms with van der Waals surface area (Å²) in [5.41, 5.74) is 1.10. The number of unbranched alkanes of at least 4 members (excludes halogenated alkanes) is 1. The first-order valence-corrected chi connectivity index (χ1v) is 8.10. The second-order valence-electron chi connectivity index (χ2n) is 5.63. The van der Waals surface area contributed by atoms with Gasteiger partial charge in [-0.2, -0.15) is 0 Å². The van der Waals surface area contributed by atoms with Gasteiger partial charge in [-0.25, -0.2) is 4.39 Å². The highest BCUT2D eigenvalue weighted by Gasteiger charge is 2.28. The van der Waals surface area contributed by atoms with Crippen LogP contribution in [0.25, 0.3) is 0 Å². The highest BCUT2D eigenvalue weighted by Crippen LogP contribution is 2.35. The molecule has 0 bridgehead atoms. The van der Waals surface area contributed by atoms with Crippen molar-refractivity contribution in [1.82, 2.24) is 5.32 Å². The molecule has 1 atom stereocenters. The van der Waals surface area contributed by atoms with Crippen LogP contribution in [0.4, 0.5) is 4.39 Å². The van der Waals surface area contributed by atoms with Crippen LogP contribution in [0.5, 0.6) is 0 Å². The maximum atomic E-state index is 13.6. The van der Waals surface area contributed by atoms with E-state index in [1.165, 1.54) is 18.9 Å². The number of benzene rings is 1. The number of rotatable bonds is 9. The molecule has 1 aromatic carbocycles. The summed E-state index contributed by atoms with van der Waals surface area (Å²) in [6, 6.07) is 5.13. The standard InChI is InChI=1S/C17H27ClFN/c1-4-7-11-17(5-2,13-20-6-3)12-14-9-8-10-15(19)16(14)18/h8-10,20H,4-7,11-13H2,1-3H3. The van der Waals surface area contributed by atoms with Crippen molar-refractivity contribution in [3.05, 3.63) is 34.6 Å². The molecule has 0 amide bonds. The Morgan fingerprint density at radius 1 is 1.25 bits per heavy atom. The summed E-state index contributed by atoms with van der Waals surface area (Å²) in [6.45, 7) is 8.48. The first-order valence-electron chi connectivity index (χ1n) is 7.72. The van der Waals surface area contributed by atoms with Crippen molar-refractivity contribution in [1.29, 1.82) is 0 Å². The Balaban J connectivity index is 2.94. The Morgan fingerprint density at radius 3 is 2.60 bits per heavy atom. The van der Waals surface area contributed by atoms with Crippen LogP contribution in [0, 0.1) is 11.2 Å². The van der Waals surface area contributed by atoms with Crippen LogP contribution in [0.1, 0.15) is 52.0 Å². The highest BCUT2D eigenvalue weighted by atomic mass is 35.5. The van der Waals surface area contributed by atoms with Crippen molar-refractivity contribution >= 4 is 11.6 Å². The molecule has 114 valence electrons. The number of nitrogens with one attached hydrogen (secondary N) is 1. The first kappa shape index (κ1) is 17.5. The van der Waals surface area contributed by atoms with E-state index in [0.29, 0.717) is 5.02 Å². The second kappa shape index (κ2) is 8.63. The Morgan fingerprint density at radius 2 is 2.00 bits per heavy atom. The highest BCUT2D eigenvalue weighted by molar-refractivity contribution is 6.31. The van der Waals surface area contributed by atoms with Crippen molar-refractivity contribution in [2.75, 3.05) is 13.1 Å². The van der Waals surface area contributed by atoms with Crippen molar-refractivity contribution in [3.8, 4) is 0 Å². The molecule has 0 aliphatic rings. The minimum Gasteiger partial charge on any atom is -0.316 e. The smallest absolute Gasteiger partial charge is 0.142 e. The fraction of sp³-hybridized carbons (Fsp3) is 0.647. The largest absolute Gasteiger partial charge is 0.316 e. The van der Waals surface area contributed by atoms with Crippen molar-refractivity contribution < 1.29 is 4.39 Å². The van der Waals surface area contributed by atoms with E-state index < -0.39 is 0 Å². The van der Waals surface area contributed by atoms with E-state index >= 15 is 0 Å². The Kier molecular flexibility index (Phi) is 7.53. The van der Waals surface area contributed by atoms with Gasteiger partial charge in [-0.3, -0.25) is 0 Å². The summed E-state index contributed by atoms with van der Waals surface area (Å²) in [5.74, 6) is -0.312. The van der Waals surface area contributed by atoms with Gasteiger partial charge in [0.25, 0.3) is 0 Å². The van der Waals surface area contributed by atoms with Crippen LogP contribution in [0.3, 0.4) is 0 Å². The molecule has 3 heteroatoms. The van der Waals surface area contributed by atoms with Crippen LogP contribution in [-0.2, 0) is 6.42 Å². The lowest BCUT2D eigenvalue weighted by Crippen LogP contribution is -2.36. The van der Waals surface area contributed by atoms with E-state index in [9.17, 15) is 4.39 Å². The zero-order valence-electron chi connectivity index (χ0n) is 12.9. The summed E-state index contributed by atoms with van der Waals surface area (Å²) >= 11 is 6.13. The monoisotopic (exact) mass is 299 g/mol. The van der Waals surface area contributed by atoms with E-state index in [4.69, 9.17) is 11.6 Å². The lowest BCUT2D eigenvalue weighted by atomic mass is 9.75. The fourth-order valence-corrected chi connectivity index (χ4v) is 2.89. The summed E-state index contributed by atoms with van der Waals surface area (Å²) in [6.07, 6.45) is 5.46. The molecular weight excluding hydrogens is 273 g/mol. The SMILES string of the molecule is CCCCC(CC)(CNCC)Cc1cccc(F)c1Cl. The maximum Gasteiger partial charge on any atom is 0.142 e. The average Bonchev–Trinajstić information content (AvgIpc) is 2.47. The van der Waals surface area contributed by atoms with Crippen LogP contribution < -0.4 is 5.32 Å². The molecule has 1 aromatic rings. The van der Waals surface area contributed by atoms with Gasteiger partial charge in [-0.15, -0.1) is 0 Å². The molecule has 0 aliphatic carbocycles. The number of hydrogen-bond donors (Lipinski definition) is 1. The molecule has 0 spiro atoms. The van der Waals surface area contributed by atoms with Gasteiger partial charge >= 0.3 is 0 Å². The predicted molar refractivity (Wildman–Crippen MR) is 85.9 cm³/mol. The van der Waals surface area contributed by atoms with Gasteiger partial charge in [-0.1, -0.05) is 57.3 Å². The normalized spacial score (nSPS) is 14.2. The molecule has 1 unspecified atom stereocenters. The molecule has 1 N–H and O–H groups in total. The predicted octanol–water partition coefficient (Wildman–Crippen LogP) is 5.22. The lowest BCUT2D eigenvalue weighted by Gasteiger charge is -2.34. The van der Waals surface area contributed by atoms with E-state index in [1.807, 2.05) is 6.07 Å². The van der Waals surface area contributed by atoms with Gasteiger partial charge in [0.2, 0.25) is 0 Å². The van der Waals surface area contributed by atoms with Gasteiger partial charge in [-0.05, 0) is 42.9 Å². The molecule has 0 aliphatic heterocycles. The molecule has 20 heavy (non-hydrogen) atoms. The molecule has 1 rings (SSSR count). The Bertz CT molecular complexity index is 398. The average molecular weight is 300 g/mol. The van der Waals surface area contributed by atoms with Crippen LogP contribution in [0.2, 0.25) is 5.02 Å². The summed E-state index contributed by atoms with van der Waals surface area (Å²) in [5, 5.41) is 3.76. The first-order chi connectivity index (χ1) is 9.58. The quantitative estimate of drug-likeness (QED) is 0.659. The van der Waals surface area contributed by atoms with Crippen LogP contribution in [0.15, 0.2) is 18.2 Å². The minimum atomic E-state index is -0.312. The van der Waals surface area contributed by atoms with E-state index in [2.05, 4.69) is 26.1 Å². The molecule has 0 saturated carbocycles. The molecule has 0 saturated heterocycles. The van der Waals surface area contributed by atoms with Gasteiger partial charge in [0.15, 0.2) is 0 Å². The van der Waals surface area contributed by atoms with E-state index in [1.54, 1.807) is 6.07 Å². The summed E-state index contributed by atoms with van der Waals surface area (Å²) in [4.78, 5) is 0. The molecule has 0 aromatic heterocycles. The third-order valence-corrected chi connectivity index (χ3v) is 4.58. The van der Waals surface area contributed by atoms with Gasteiger partial charge in [0.05, 0.1) is 5.02 Å².